The Bertz CT molecular complexity index is 893. The first-order chi connectivity index (χ1) is 13.0. The number of fused-ring (bicyclic) bond motifs is 1. The van der Waals surface area contributed by atoms with Gasteiger partial charge in [-0.25, -0.2) is 19.6 Å². The van der Waals surface area contributed by atoms with E-state index in [2.05, 4.69) is 15.3 Å². The van der Waals surface area contributed by atoms with Crippen molar-refractivity contribution in [1.82, 2.24) is 9.97 Å². The van der Waals surface area contributed by atoms with Crippen molar-refractivity contribution < 1.29 is 24.2 Å². The van der Waals surface area contributed by atoms with Gasteiger partial charge in [-0.1, -0.05) is 6.42 Å². The van der Waals surface area contributed by atoms with Gasteiger partial charge < -0.3 is 15.2 Å². The molecule has 0 radical (unpaired) electrons. The third-order valence-electron chi connectivity index (χ3n) is 4.24. The highest BCUT2D eigenvalue weighted by molar-refractivity contribution is 7.17. The van der Waals surface area contributed by atoms with Crippen LogP contribution >= 0.6 is 11.3 Å². The molecule has 142 valence electrons. The van der Waals surface area contributed by atoms with Crippen LogP contribution in [-0.2, 0) is 17.6 Å². The summed E-state index contributed by atoms with van der Waals surface area (Å²) in [5.74, 6) is -2.55. The summed E-state index contributed by atoms with van der Waals surface area (Å²) in [6.45, 7) is 1.95. The minimum atomic E-state index is -1.35. The second kappa shape index (κ2) is 8.26. The number of thiophene rings is 1. The summed E-state index contributed by atoms with van der Waals surface area (Å²) in [5, 5.41) is 12.2. The normalized spacial score (nSPS) is 13.4. The molecule has 0 bridgehead atoms. The summed E-state index contributed by atoms with van der Waals surface area (Å²) < 4.78 is 5.18. The Kier molecular flexibility index (Phi) is 5.80. The first kappa shape index (κ1) is 19.0. The summed E-state index contributed by atoms with van der Waals surface area (Å²) >= 11 is 1.34. The third-order valence-corrected chi connectivity index (χ3v) is 5.45. The van der Waals surface area contributed by atoms with Gasteiger partial charge in [0, 0.05) is 17.3 Å². The number of rotatable bonds is 5. The predicted octanol–water partition coefficient (Wildman–Crippen LogP) is 2.93. The Morgan fingerprint density at radius 2 is 1.85 bits per heavy atom. The molecule has 3 rings (SSSR count). The molecule has 1 amide bonds. The number of anilines is 1. The van der Waals surface area contributed by atoms with Crippen LogP contribution in [0, 0.1) is 0 Å². The Hall–Kier alpha value is -2.81. The van der Waals surface area contributed by atoms with Crippen LogP contribution in [0.25, 0.3) is 0 Å². The van der Waals surface area contributed by atoms with Crippen molar-refractivity contribution >= 4 is 34.2 Å². The van der Waals surface area contributed by atoms with Gasteiger partial charge in [0.05, 0.1) is 12.2 Å². The zero-order chi connectivity index (χ0) is 19.4. The van der Waals surface area contributed by atoms with Crippen LogP contribution in [0.4, 0.5) is 5.00 Å². The van der Waals surface area contributed by atoms with E-state index in [0.29, 0.717) is 10.6 Å². The number of amides is 1. The quantitative estimate of drug-likeness (QED) is 0.596. The number of carbonyl (C=O) groups is 3. The maximum atomic E-state index is 12.6. The summed E-state index contributed by atoms with van der Waals surface area (Å²) in [5.41, 5.74) is 0.547. The lowest BCUT2D eigenvalue weighted by molar-refractivity contribution is 0.0526. The average Bonchev–Trinajstić information content (AvgIpc) is 2.82. The first-order valence-electron chi connectivity index (χ1n) is 8.70. The van der Waals surface area contributed by atoms with Gasteiger partial charge in [0.1, 0.15) is 5.00 Å². The Morgan fingerprint density at radius 1 is 1.15 bits per heavy atom. The van der Waals surface area contributed by atoms with E-state index in [-0.39, 0.29) is 12.3 Å². The smallest absolute Gasteiger partial charge is 0.356 e. The standard InChI is InChI=1S/C18H19N3O5S/c1-2-26-18(25)12-10-6-4-3-5-7-11(10)27-16(12)21-15(22)13-14(17(23)24)20-9-8-19-13/h8-9H,2-7H2,1H3,(H,21,22)(H,23,24). The zero-order valence-electron chi connectivity index (χ0n) is 14.8. The van der Waals surface area contributed by atoms with Crippen LogP contribution < -0.4 is 5.32 Å². The van der Waals surface area contributed by atoms with Gasteiger partial charge in [-0.15, -0.1) is 11.3 Å². The summed E-state index contributed by atoms with van der Waals surface area (Å²) in [6, 6.07) is 0. The van der Waals surface area contributed by atoms with E-state index in [0.717, 1.165) is 42.5 Å². The Labute approximate surface area is 159 Å². The van der Waals surface area contributed by atoms with Crippen LogP contribution in [0.5, 0.6) is 0 Å². The lowest BCUT2D eigenvalue weighted by atomic mass is 10.1. The van der Waals surface area contributed by atoms with Crippen molar-refractivity contribution in [2.75, 3.05) is 11.9 Å². The molecule has 0 aliphatic heterocycles. The Balaban J connectivity index is 1.98. The molecule has 0 fully saturated rings. The van der Waals surface area contributed by atoms with Crippen molar-refractivity contribution in [3.8, 4) is 0 Å². The van der Waals surface area contributed by atoms with Crippen molar-refractivity contribution in [1.29, 1.82) is 0 Å². The summed E-state index contributed by atoms with van der Waals surface area (Å²) in [4.78, 5) is 45.0. The fraction of sp³-hybridized carbons (Fsp3) is 0.389. The molecule has 1 aliphatic carbocycles. The maximum Gasteiger partial charge on any atom is 0.356 e. The summed E-state index contributed by atoms with van der Waals surface area (Å²) in [6.07, 6.45) is 7.13. The topological polar surface area (TPSA) is 118 Å². The number of carbonyl (C=O) groups excluding carboxylic acids is 2. The number of carboxylic acids is 1. The van der Waals surface area contributed by atoms with Gasteiger partial charge in [0.25, 0.3) is 5.91 Å². The molecular weight excluding hydrogens is 370 g/mol. The van der Waals surface area contributed by atoms with E-state index in [1.165, 1.54) is 23.7 Å². The number of esters is 1. The van der Waals surface area contributed by atoms with Gasteiger partial charge in [-0.3, -0.25) is 4.79 Å². The zero-order valence-corrected chi connectivity index (χ0v) is 15.6. The number of aromatic nitrogens is 2. The molecule has 2 aromatic heterocycles. The molecule has 0 spiro atoms. The van der Waals surface area contributed by atoms with Gasteiger partial charge in [0.15, 0.2) is 11.4 Å². The fourth-order valence-corrected chi connectivity index (χ4v) is 4.35. The number of nitrogens with zero attached hydrogens (tertiary/aromatic N) is 2. The molecule has 0 unspecified atom stereocenters. The van der Waals surface area contributed by atoms with Crippen LogP contribution in [0.1, 0.15) is 68.0 Å². The van der Waals surface area contributed by atoms with Crippen molar-refractivity contribution in [3.63, 3.8) is 0 Å². The van der Waals surface area contributed by atoms with E-state index < -0.39 is 23.5 Å². The number of ether oxygens (including phenoxy) is 1. The van der Waals surface area contributed by atoms with E-state index >= 15 is 0 Å². The van der Waals surface area contributed by atoms with Crippen LogP contribution in [0.2, 0.25) is 0 Å². The van der Waals surface area contributed by atoms with Crippen LogP contribution in [0.15, 0.2) is 12.4 Å². The Morgan fingerprint density at radius 3 is 2.56 bits per heavy atom. The predicted molar refractivity (Wildman–Crippen MR) is 98.5 cm³/mol. The van der Waals surface area contributed by atoms with Crippen molar-refractivity contribution in [2.45, 2.75) is 39.0 Å². The maximum absolute atomic E-state index is 12.6. The second-order valence-corrected chi connectivity index (χ2v) is 7.11. The summed E-state index contributed by atoms with van der Waals surface area (Å²) in [7, 11) is 0. The molecule has 27 heavy (non-hydrogen) atoms. The number of nitrogens with one attached hydrogen (secondary N) is 1. The van der Waals surface area contributed by atoms with E-state index in [9.17, 15) is 19.5 Å². The highest BCUT2D eigenvalue weighted by Crippen LogP contribution is 2.38. The minimum absolute atomic E-state index is 0.226. The minimum Gasteiger partial charge on any atom is -0.476 e. The van der Waals surface area contributed by atoms with E-state index in [1.54, 1.807) is 6.92 Å². The van der Waals surface area contributed by atoms with Crippen LogP contribution in [0.3, 0.4) is 0 Å². The monoisotopic (exact) mass is 389 g/mol. The highest BCUT2D eigenvalue weighted by Gasteiger charge is 2.28. The second-order valence-electron chi connectivity index (χ2n) is 6.00. The SMILES string of the molecule is CCOC(=O)c1c(NC(=O)c2nccnc2C(=O)O)sc2c1CCCCC2. The lowest BCUT2D eigenvalue weighted by Gasteiger charge is -2.09. The van der Waals surface area contributed by atoms with Gasteiger partial charge >= 0.3 is 11.9 Å². The number of aromatic carboxylic acids is 1. The fourth-order valence-electron chi connectivity index (χ4n) is 3.07. The molecule has 1 aliphatic rings. The highest BCUT2D eigenvalue weighted by atomic mass is 32.1. The first-order valence-corrected chi connectivity index (χ1v) is 9.51. The molecular formula is C18H19N3O5S. The number of hydrogen-bond donors (Lipinski definition) is 2. The van der Waals surface area contributed by atoms with Gasteiger partial charge in [-0.2, -0.15) is 0 Å². The lowest BCUT2D eigenvalue weighted by Crippen LogP contribution is -2.20. The molecule has 0 atom stereocenters. The molecule has 2 aromatic rings. The van der Waals surface area contributed by atoms with Crippen LogP contribution in [-0.4, -0.2) is 39.5 Å². The molecule has 2 N–H and O–H groups in total. The average molecular weight is 389 g/mol. The largest absolute Gasteiger partial charge is 0.476 e. The van der Waals surface area contributed by atoms with E-state index in [4.69, 9.17) is 4.74 Å². The molecule has 8 nitrogen and oxygen atoms in total. The van der Waals surface area contributed by atoms with Gasteiger partial charge in [0.2, 0.25) is 0 Å². The molecule has 0 saturated carbocycles. The molecule has 9 heteroatoms. The number of aryl methyl sites for hydroxylation is 1. The van der Waals surface area contributed by atoms with Gasteiger partial charge in [-0.05, 0) is 38.2 Å². The van der Waals surface area contributed by atoms with Crippen molar-refractivity contribution in [3.05, 3.63) is 39.8 Å². The molecule has 2 heterocycles. The third kappa shape index (κ3) is 3.97. The molecule has 0 saturated heterocycles. The van der Waals surface area contributed by atoms with Crippen molar-refractivity contribution in [2.24, 2.45) is 0 Å². The molecule has 0 aromatic carbocycles. The number of hydrogen-bond acceptors (Lipinski definition) is 7. The van der Waals surface area contributed by atoms with E-state index in [1.807, 2.05) is 0 Å². The number of carboxylic acid groups (broad SMARTS) is 1.